The number of nitrogens with one attached hydrogen (secondary N) is 1. The minimum atomic E-state index is 0.778. The second-order valence-electron chi connectivity index (χ2n) is 4.33. The number of hydrogen-bond acceptors (Lipinski definition) is 4. The molecule has 0 saturated carbocycles. The maximum absolute atomic E-state index is 5.37. The molecular formula is C13H19N3OS. The second-order valence-corrected chi connectivity index (χ2v) is 5.33. The van der Waals surface area contributed by atoms with Gasteiger partial charge >= 0.3 is 0 Å². The van der Waals surface area contributed by atoms with Gasteiger partial charge in [-0.25, -0.2) is 4.68 Å². The van der Waals surface area contributed by atoms with Gasteiger partial charge < -0.3 is 10.1 Å². The molecule has 0 aliphatic carbocycles. The van der Waals surface area contributed by atoms with Crippen LogP contribution in [0.25, 0.3) is 0 Å². The van der Waals surface area contributed by atoms with E-state index in [1.807, 2.05) is 14.0 Å². The first-order valence-electron chi connectivity index (χ1n) is 5.93. The Morgan fingerprint density at radius 3 is 2.78 bits per heavy atom. The lowest BCUT2D eigenvalue weighted by Gasteiger charge is -2.06. The van der Waals surface area contributed by atoms with Crippen LogP contribution in [0.2, 0.25) is 0 Å². The minimum absolute atomic E-state index is 0.778. The van der Waals surface area contributed by atoms with E-state index in [1.165, 1.54) is 10.4 Å². The monoisotopic (exact) mass is 265 g/mol. The number of methoxy groups -OCH3 is 1. The van der Waals surface area contributed by atoms with Crippen LogP contribution in [0.3, 0.4) is 0 Å². The van der Waals surface area contributed by atoms with E-state index in [9.17, 15) is 0 Å². The lowest BCUT2D eigenvalue weighted by atomic mass is 10.2. The van der Waals surface area contributed by atoms with Gasteiger partial charge in [-0.1, -0.05) is 0 Å². The zero-order valence-electron chi connectivity index (χ0n) is 11.3. The molecule has 2 aromatic rings. The predicted molar refractivity (Wildman–Crippen MR) is 74.1 cm³/mol. The molecule has 1 N–H and O–H groups in total. The van der Waals surface area contributed by atoms with Crippen LogP contribution in [0.1, 0.15) is 21.7 Å². The Kier molecular flexibility index (Phi) is 4.04. The first-order valence-corrected chi connectivity index (χ1v) is 6.81. The van der Waals surface area contributed by atoms with Gasteiger partial charge in [0.2, 0.25) is 5.88 Å². The van der Waals surface area contributed by atoms with Gasteiger partial charge in [-0.05, 0) is 30.9 Å². The Hall–Kier alpha value is -1.33. The molecule has 4 nitrogen and oxygen atoms in total. The Bertz CT molecular complexity index is 530. The van der Waals surface area contributed by atoms with Gasteiger partial charge in [0, 0.05) is 25.0 Å². The van der Waals surface area contributed by atoms with Crippen molar-refractivity contribution in [2.75, 3.05) is 7.11 Å². The first kappa shape index (κ1) is 13.1. The number of aryl methyl sites for hydroxylation is 3. The summed E-state index contributed by atoms with van der Waals surface area (Å²) in [6.45, 7) is 5.82. The third-order valence-electron chi connectivity index (χ3n) is 3.04. The predicted octanol–water partition coefficient (Wildman–Crippen LogP) is 2.40. The van der Waals surface area contributed by atoms with Crippen molar-refractivity contribution in [3.05, 3.63) is 33.1 Å². The van der Waals surface area contributed by atoms with Gasteiger partial charge in [-0.3, -0.25) is 0 Å². The van der Waals surface area contributed by atoms with E-state index in [0.29, 0.717) is 0 Å². The summed E-state index contributed by atoms with van der Waals surface area (Å²) in [6.07, 6.45) is 0. The lowest BCUT2D eigenvalue weighted by molar-refractivity contribution is 0.368. The molecule has 2 heterocycles. The zero-order valence-corrected chi connectivity index (χ0v) is 12.1. The molecule has 0 fully saturated rings. The highest BCUT2D eigenvalue weighted by atomic mass is 32.1. The molecule has 0 unspecified atom stereocenters. The average molecular weight is 265 g/mol. The molecule has 0 aromatic carbocycles. The fourth-order valence-corrected chi connectivity index (χ4v) is 2.90. The summed E-state index contributed by atoms with van der Waals surface area (Å²) in [6, 6.07) is 2.15. The molecule has 98 valence electrons. The third kappa shape index (κ3) is 2.57. The van der Waals surface area contributed by atoms with Crippen molar-refractivity contribution in [2.45, 2.75) is 26.9 Å². The minimum Gasteiger partial charge on any atom is -0.481 e. The summed E-state index contributed by atoms with van der Waals surface area (Å²) < 4.78 is 7.15. The first-order chi connectivity index (χ1) is 8.63. The average Bonchev–Trinajstić information content (AvgIpc) is 2.84. The van der Waals surface area contributed by atoms with E-state index in [4.69, 9.17) is 4.74 Å². The second kappa shape index (κ2) is 5.54. The van der Waals surface area contributed by atoms with E-state index in [0.717, 1.165) is 30.2 Å². The van der Waals surface area contributed by atoms with E-state index < -0.39 is 0 Å². The molecule has 0 radical (unpaired) electrons. The van der Waals surface area contributed by atoms with E-state index in [-0.39, 0.29) is 0 Å². The summed E-state index contributed by atoms with van der Waals surface area (Å²) in [7, 11) is 3.59. The molecule has 0 amide bonds. The van der Waals surface area contributed by atoms with Gasteiger partial charge in [0.05, 0.1) is 18.4 Å². The van der Waals surface area contributed by atoms with Gasteiger partial charge in [-0.2, -0.15) is 5.10 Å². The van der Waals surface area contributed by atoms with Crippen LogP contribution in [0.15, 0.2) is 11.4 Å². The molecule has 0 atom stereocenters. The van der Waals surface area contributed by atoms with Gasteiger partial charge in [0.15, 0.2) is 0 Å². The van der Waals surface area contributed by atoms with Crippen molar-refractivity contribution in [3.8, 4) is 5.88 Å². The molecule has 0 aliphatic rings. The molecular weight excluding hydrogens is 246 g/mol. The Morgan fingerprint density at radius 1 is 1.39 bits per heavy atom. The highest BCUT2D eigenvalue weighted by molar-refractivity contribution is 7.10. The number of ether oxygens (including phenoxy) is 1. The Balaban J connectivity index is 2.00. The molecule has 5 heteroatoms. The van der Waals surface area contributed by atoms with Crippen molar-refractivity contribution in [1.29, 1.82) is 0 Å². The van der Waals surface area contributed by atoms with Crippen LogP contribution in [-0.2, 0) is 20.1 Å². The van der Waals surface area contributed by atoms with Crippen molar-refractivity contribution >= 4 is 11.3 Å². The van der Waals surface area contributed by atoms with Crippen molar-refractivity contribution < 1.29 is 4.74 Å². The van der Waals surface area contributed by atoms with Gasteiger partial charge in [0.25, 0.3) is 0 Å². The fourth-order valence-electron chi connectivity index (χ4n) is 2.03. The summed E-state index contributed by atoms with van der Waals surface area (Å²) >= 11 is 1.79. The number of hydrogen-bond donors (Lipinski definition) is 1. The third-order valence-corrected chi connectivity index (χ3v) is 4.06. The molecule has 0 saturated heterocycles. The largest absolute Gasteiger partial charge is 0.481 e. The molecule has 2 aromatic heterocycles. The fraction of sp³-hybridized carbons (Fsp3) is 0.462. The molecule has 0 aliphatic heterocycles. The molecule has 0 spiro atoms. The van der Waals surface area contributed by atoms with Crippen LogP contribution in [0, 0.1) is 13.8 Å². The number of thiophene rings is 1. The molecule has 18 heavy (non-hydrogen) atoms. The Morgan fingerprint density at radius 2 is 2.17 bits per heavy atom. The van der Waals surface area contributed by atoms with Crippen molar-refractivity contribution in [1.82, 2.24) is 15.1 Å². The van der Waals surface area contributed by atoms with E-state index in [1.54, 1.807) is 23.1 Å². The smallest absolute Gasteiger partial charge is 0.216 e. The number of rotatable bonds is 5. The summed E-state index contributed by atoms with van der Waals surface area (Å²) in [5.41, 5.74) is 3.50. The topological polar surface area (TPSA) is 39.1 Å². The number of nitrogens with zero attached hydrogens (tertiary/aromatic N) is 2. The number of aromatic nitrogens is 2. The maximum Gasteiger partial charge on any atom is 0.216 e. The van der Waals surface area contributed by atoms with Crippen LogP contribution in [0.4, 0.5) is 0 Å². The van der Waals surface area contributed by atoms with Crippen molar-refractivity contribution in [2.24, 2.45) is 7.05 Å². The standard InChI is InChI=1S/C13H19N3OS/c1-9-5-6-18-12(9)8-14-7-11-10(2)15-16(3)13(11)17-4/h5-6,14H,7-8H2,1-4H3. The molecule has 2 rings (SSSR count). The highest BCUT2D eigenvalue weighted by Gasteiger charge is 2.13. The lowest BCUT2D eigenvalue weighted by Crippen LogP contribution is -2.13. The SMILES string of the molecule is COc1c(CNCc2sccc2C)c(C)nn1C. The van der Waals surface area contributed by atoms with Crippen LogP contribution >= 0.6 is 11.3 Å². The van der Waals surface area contributed by atoms with Crippen LogP contribution < -0.4 is 10.1 Å². The quantitative estimate of drug-likeness (QED) is 0.902. The summed E-state index contributed by atoms with van der Waals surface area (Å²) in [5, 5.41) is 9.95. The van der Waals surface area contributed by atoms with Crippen LogP contribution in [-0.4, -0.2) is 16.9 Å². The van der Waals surface area contributed by atoms with Gasteiger partial charge in [-0.15, -0.1) is 11.3 Å². The van der Waals surface area contributed by atoms with E-state index in [2.05, 4.69) is 28.8 Å². The highest BCUT2D eigenvalue weighted by Crippen LogP contribution is 2.21. The maximum atomic E-state index is 5.37. The molecule has 0 bridgehead atoms. The summed E-state index contributed by atoms with van der Waals surface area (Å²) in [5.74, 6) is 0.836. The van der Waals surface area contributed by atoms with Crippen LogP contribution in [0.5, 0.6) is 5.88 Å². The van der Waals surface area contributed by atoms with E-state index >= 15 is 0 Å². The van der Waals surface area contributed by atoms with Crippen molar-refractivity contribution in [3.63, 3.8) is 0 Å². The van der Waals surface area contributed by atoms with Gasteiger partial charge in [0.1, 0.15) is 0 Å². The summed E-state index contributed by atoms with van der Waals surface area (Å²) in [4.78, 5) is 1.38. The Labute approximate surface area is 112 Å². The zero-order chi connectivity index (χ0) is 13.1. The normalized spacial score (nSPS) is 10.9.